The van der Waals surface area contributed by atoms with Crippen LogP contribution >= 0.6 is 0 Å². The fourth-order valence-electron chi connectivity index (χ4n) is 2.01. The summed E-state index contributed by atoms with van der Waals surface area (Å²) in [6, 6.07) is 1.40. The molecule has 2 N–H and O–H groups in total. The van der Waals surface area contributed by atoms with Crippen LogP contribution in [0.15, 0.2) is 10.5 Å². The number of nitrogens with zero attached hydrogens (tertiary/aromatic N) is 1. The van der Waals surface area contributed by atoms with Gasteiger partial charge in [-0.2, -0.15) is 0 Å². The van der Waals surface area contributed by atoms with Crippen molar-refractivity contribution in [2.24, 2.45) is 5.41 Å². The van der Waals surface area contributed by atoms with Crippen LogP contribution in [-0.4, -0.2) is 41.4 Å². The van der Waals surface area contributed by atoms with Crippen LogP contribution in [0.25, 0.3) is 0 Å². The van der Waals surface area contributed by atoms with E-state index in [1.807, 2.05) is 20.8 Å². The Morgan fingerprint density at radius 1 is 1.30 bits per heavy atom. The van der Waals surface area contributed by atoms with Crippen LogP contribution < -0.4 is 5.32 Å². The highest BCUT2D eigenvalue weighted by atomic mass is 16.4. The van der Waals surface area contributed by atoms with Crippen molar-refractivity contribution in [2.45, 2.75) is 40.7 Å². The molecular formula is C16H24N2O5. The van der Waals surface area contributed by atoms with Crippen molar-refractivity contribution >= 4 is 17.8 Å². The quantitative estimate of drug-likeness (QED) is 0.831. The zero-order chi connectivity index (χ0) is 17.8. The van der Waals surface area contributed by atoms with E-state index < -0.39 is 5.97 Å². The van der Waals surface area contributed by atoms with Gasteiger partial charge >= 0.3 is 5.97 Å². The molecule has 0 aliphatic carbocycles. The number of likely N-dealkylation sites (N-methyl/N-ethyl adjacent to an activating group) is 1. The molecule has 1 heterocycles. The second-order valence-electron chi connectivity index (χ2n) is 6.75. The molecule has 0 unspecified atom stereocenters. The first-order valence-electron chi connectivity index (χ1n) is 7.33. The number of nitrogens with one attached hydrogen (secondary N) is 1. The van der Waals surface area contributed by atoms with E-state index in [1.165, 1.54) is 11.0 Å². The molecule has 7 heteroatoms. The van der Waals surface area contributed by atoms with Crippen LogP contribution in [0.5, 0.6) is 0 Å². The Balaban J connectivity index is 2.53. The summed E-state index contributed by atoms with van der Waals surface area (Å²) in [5, 5.41) is 11.6. The monoisotopic (exact) mass is 324 g/mol. The van der Waals surface area contributed by atoms with Gasteiger partial charge in [0.1, 0.15) is 17.1 Å². The maximum Gasteiger partial charge on any atom is 0.339 e. The second kappa shape index (κ2) is 7.30. The number of rotatable bonds is 6. The van der Waals surface area contributed by atoms with E-state index in [1.54, 1.807) is 14.0 Å². The van der Waals surface area contributed by atoms with E-state index in [-0.39, 0.29) is 35.9 Å². The number of aryl methyl sites for hydroxylation is 1. The molecule has 0 saturated heterocycles. The number of aromatic carboxylic acids is 1. The molecule has 1 aromatic heterocycles. The fraction of sp³-hybridized carbons (Fsp3) is 0.562. The van der Waals surface area contributed by atoms with Crippen molar-refractivity contribution in [2.75, 3.05) is 13.6 Å². The van der Waals surface area contributed by atoms with Gasteiger partial charge in [0, 0.05) is 13.5 Å². The molecule has 1 rings (SSSR count). The molecule has 128 valence electrons. The van der Waals surface area contributed by atoms with Gasteiger partial charge in [0.2, 0.25) is 11.8 Å². The van der Waals surface area contributed by atoms with Crippen LogP contribution in [-0.2, 0) is 16.1 Å². The summed E-state index contributed by atoms with van der Waals surface area (Å²) in [4.78, 5) is 36.0. The SMILES string of the molecule is Cc1oc(CN(C)C(=O)CNC(=O)CC(C)(C)C)cc1C(=O)O. The molecule has 0 radical (unpaired) electrons. The van der Waals surface area contributed by atoms with Gasteiger partial charge in [0.05, 0.1) is 13.1 Å². The van der Waals surface area contributed by atoms with Gasteiger partial charge in [0.15, 0.2) is 0 Å². The fourth-order valence-corrected chi connectivity index (χ4v) is 2.01. The lowest BCUT2D eigenvalue weighted by molar-refractivity contribution is -0.132. The Bertz CT molecular complexity index is 598. The van der Waals surface area contributed by atoms with E-state index >= 15 is 0 Å². The number of amides is 2. The number of furan rings is 1. The predicted molar refractivity (Wildman–Crippen MR) is 84.0 cm³/mol. The Morgan fingerprint density at radius 2 is 1.91 bits per heavy atom. The summed E-state index contributed by atoms with van der Waals surface area (Å²) in [5.41, 5.74) is -0.0582. The van der Waals surface area contributed by atoms with Crippen LogP contribution in [0, 0.1) is 12.3 Å². The molecule has 0 fully saturated rings. The van der Waals surface area contributed by atoms with Crippen molar-refractivity contribution in [3.8, 4) is 0 Å². The summed E-state index contributed by atoms with van der Waals surface area (Å²) in [6.45, 7) is 7.43. The number of carboxylic acid groups (broad SMARTS) is 1. The highest BCUT2D eigenvalue weighted by Crippen LogP contribution is 2.18. The standard InChI is InChI=1S/C16H24N2O5/c1-10-12(15(21)22)6-11(23-10)9-18(5)14(20)8-17-13(19)7-16(2,3)4/h6H,7-9H2,1-5H3,(H,17,19)(H,21,22). The first-order valence-corrected chi connectivity index (χ1v) is 7.33. The molecule has 0 aliphatic heterocycles. The average Bonchev–Trinajstić information content (AvgIpc) is 2.74. The largest absolute Gasteiger partial charge is 0.478 e. The summed E-state index contributed by atoms with van der Waals surface area (Å²) in [6.07, 6.45) is 0.337. The third kappa shape index (κ3) is 6.14. The van der Waals surface area contributed by atoms with Gasteiger partial charge in [-0.25, -0.2) is 4.79 Å². The molecule has 23 heavy (non-hydrogen) atoms. The van der Waals surface area contributed by atoms with Crippen LogP contribution in [0.1, 0.15) is 49.1 Å². The lowest BCUT2D eigenvalue weighted by Gasteiger charge is -2.19. The zero-order valence-electron chi connectivity index (χ0n) is 14.2. The molecule has 0 saturated carbocycles. The van der Waals surface area contributed by atoms with Crippen LogP contribution in [0.4, 0.5) is 0 Å². The van der Waals surface area contributed by atoms with E-state index in [2.05, 4.69) is 5.32 Å². The minimum absolute atomic E-state index is 0.0827. The van der Waals surface area contributed by atoms with Gasteiger partial charge < -0.3 is 19.7 Å². The maximum absolute atomic E-state index is 12.0. The average molecular weight is 324 g/mol. The topological polar surface area (TPSA) is 99.9 Å². The highest BCUT2D eigenvalue weighted by molar-refractivity contribution is 5.89. The minimum Gasteiger partial charge on any atom is -0.478 e. The summed E-state index contributed by atoms with van der Waals surface area (Å²) >= 11 is 0. The van der Waals surface area contributed by atoms with Gasteiger partial charge in [-0.3, -0.25) is 9.59 Å². The van der Waals surface area contributed by atoms with Gasteiger partial charge in [0.25, 0.3) is 0 Å². The first kappa shape index (κ1) is 18.7. The normalized spacial score (nSPS) is 11.2. The molecule has 0 bridgehead atoms. The molecule has 7 nitrogen and oxygen atoms in total. The van der Waals surface area contributed by atoms with Crippen molar-refractivity contribution in [1.29, 1.82) is 0 Å². The van der Waals surface area contributed by atoms with Crippen molar-refractivity contribution < 1.29 is 23.9 Å². The highest BCUT2D eigenvalue weighted by Gasteiger charge is 2.19. The first-order chi connectivity index (χ1) is 10.5. The lowest BCUT2D eigenvalue weighted by atomic mass is 9.92. The number of carbonyl (C=O) groups is 3. The van der Waals surface area contributed by atoms with E-state index in [4.69, 9.17) is 9.52 Å². The van der Waals surface area contributed by atoms with Crippen LogP contribution in [0.3, 0.4) is 0 Å². The molecule has 1 aromatic rings. The van der Waals surface area contributed by atoms with Crippen LogP contribution in [0.2, 0.25) is 0 Å². The zero-order valence-corrected chi connectivity index (χ0v) is 14.2. The third-order valence-corrected chi connectivity index (χ3v) is 3.15. The molecule has 2 amide bonds. The van der Waals surface area contributed by atoms with E-state index in [9.17, 15) is 14.4 Å². The molecule has 0 aromatic carbocycles. The number of carbonyl (C=O) groups excluding carboxylic acids is 2. The lowest BCUT2D eigenvalue weighted by Crippen LogP contribution is -2.38. The van der Waals surface area contributed by atoms with Crippen molar-refractivity contribution in [3.63, 3.8) is 0 Å². The second-order valence-corrected chi connectivity index (χ2v) is 6.75. The van der Waals surface area contributed by atoms with E-state index in [0.29, 0.717) is 17.9 Å². The Hall–Kier alpha value is -2.31. The summed E-state index contributed by atoms with van der Waals surface area (Å²) in [5.74, 6) is -0.844. The maximum atomic E-state index is 12.0. The smallest absolute Gasteiger partial charge is 0.339 e. The third-order valence-electron chi connectivity index (χ3n) is 3.15. The number of hydrogen-bond acceptors (Lipinski definition) is 4. The Labute approximate surface area is 135 Å². The molecule has 0 spiro atoms. The van der Waals surface area contributed by atoms with Crippen molar-refractivity contribution in [3.05, 3.63) is 23.2 Å². The Morgan fingerprint density at radius 3 is 2.39 bits per heavy atom. The molecule has 0 atom stereocenters. The summed E-state index contributed by atoms with van der Waals surface area (Å²) in [7, 11) is 1.57. The summed E-state index contributed by atoms with van der Waals surface area (Å²) < 4.78 is 5.33. The number of hydrogen-bond donors (Lipinski definition) is 2. The van der Waals surface area contributed by atoms with Crippen molar-refractivity contribution in [1.82, 2.24) is 10.2 Å². The minimum atomic E-state index is -1.07. The van der Waals surface area contributed by atoms with Gasteiger partial charge in [-0.05, 0) is 18.4 Å². The predicted octanol–water partition coefficient (Wildman–Crippen LogP) is 1.80. The van der Waals surface area contributed by atoms with Gasteiger partial charge in [-0.15, -0.1) is 0 Å². The number of carboxylic acids is 1. The molecule has 0 aliphatic rings. The van der Waals surface area contributed by atoms with E-state index in [0.717, 1.165) is 0 Å². The van der Waals surface area contributed by atoms with Gasteiger partial charge in [-0.1, -0.05) is 20.8 Å². The Kier molecular flexibility index (Phi) is 5.95. The molecular weight excluding hydrogens is 300 g/mol.